The van der Waals surface area contributed by atoms with Crippen molar-refractivity contribution in [3.63, 3.8) is 0 Å². The number of fused-ring (bicyclic) bond motifs is 3. The van der Waals surface area contributed by atoms with Crippen LogP contribution < -0.4 is 0 Å². The fourth-order valence-electron chi connectivity index (χ4n) is 3.83. The lowest BCUT2D eigenvalue weighted by molar-refractivity contribution is 0.0555. The predicted octanol–water partition coefficient (Wildman–Crippen LogP) is 5.08. The van der Waals surface area contributed by atoms with Gasteiger partial charge in [0.15, 0.2) is 0 Å². The summed E-state index contributed by atoms with van der Waals surface area (Å²) >= 11 is 0. The molecule has 1 heteroatoms. The molecule has 96 valence electrons. The monoisotopic (exact) mass is 244 g/mol. The van der Waals surface area contributed by atoms with Crippen molar-refractivity contribution >= 4 is 6.08 Å². The van der Waals surface area contributed by atoms with Gasteiger partial charge in [-0.15, -0.1) is 0 Å². The maximum absolute atomic E-state index is 13.9. The molecule has 0 radical (unpaired) electrons. The average Bonchev–Trinajstić information content (AvgIpc) is 2.40. The van der Waals surface area contributed by atoms with Gasteiger partial charge in [-0.3, -0.25) is 0 Å². The van der Waals surface area contributed by atoms with Crippen LogP contribution in [0.4, 0.5) is 4.39 Å². The number of hydrogen-bond acceptors (Lipinski definition) is 0. The molecule has 1 aromatic carbocycles. The molecule has 0 nitrogen and oxygen atoms in total. The van der Waals surface area contributed by atoms with Gasteiger partial charge in [-0.2, -0.15) is 0 Å². The van der Waals surface area contributed by atoms with Crippen molar-refractivity contribution in [1.82, 2.24) is 0 Å². The predicted molar refractivity (Wildman–Crippen MR) is 74.0 cm³/mol. The van der Waals surface area contributed by atoms with E-state index in [2.05, 4.69) is 19.6 Å². The standard InChI is InChI=1S/C17H21F/c1-3-13-4-5-14(12-15(13)18)17-9-6-16(2,7-10-17)8-11-17/h3-5,12H,1,6-11H2,2H3. The van der Waals surface area contributed by atoms with Gasteiger partial charge in [0.25, 0.3) is 0 Å². The first kappa shape index (κ1) is 12.0. The molecule has 3 aliphatic carbocycles. The summed E-state index contributed by atoms with van der Waals surface area (Å²) in [4.78, 5) is 0. The maximum Gasteiger partial charge on any atom is 0.130 e. The van der Waals surface area contributed by atoms with Crippen LogP contribution in [0.5, 0.6) is 0 Å². The van der Waals surface area contributed by atoms with Crippen molar-refractivity contribution in [1.29, 1.82) is 0 Å². The molecule has 18 heavy (non-hydrogen) atoms. The van der Waals surface area contributed by atoms with E-state index < -0.39 is 0 Å². The fourth-order valence-corrected chi connectivity index (χ4v) is 3.83. The second-order valence-electron chi connectivity index (χ2n) is 6.53. The zero-order valence-corrected chi connectivity index (χ0v) is 11.1. The van der Waals surface area contributed by atoms with Crippen molar-refractivity contribution < 1.29 is 4.39 Å². The molecule has 3 fully saturated rings. The van der Waals surface area contributed by atoms with Crippen LogP contribution in [-0.4, -0.2) is 0 Å². The Labute approximate surface area is 109 Å². The second kappa shape index (κ2) is 3.94. The third-order valence-corrected chi connectivity index (χ3v) is 5.45. The van der Waals surface area contributed by atoms with Crippen LogP contribution in [0, 0.1) is 11.2 Å². The maximum atomic E-state index is 13.9. The first-order chi connectivity index (χ1) is 8.57. The van der Waals surface area contributed by atoms with Crippen molar-refractivity contribution in [2.24, 2.45) is 5.41 Å². The van der Waals surface area contributed by atoms with E-state index in [1.807, 2.05) is 6.07 Å². The third-order valence-electron chi connectivity index (χ3n) is 5.45. The molecule has 0 saturated heterocycles. The Hall–Kier alpha value is -1.11. The molecule has 0 atom stereocenters. The Morgan fingerprint density at radius 3 is 2.22 bits per heavy atom. The van der Waals surface area contributed by atoms with Gasteiger partial charge < -0.3 is 0 Å². The van der Waals surface area contributed by atoms with E-state index in [9.17, 15) is 4.39 Å². The van der Waals surface area contributed by atoms with Crippen LogP contribution in [0.15, 0.2) is 24.8 Å². The Balaban J connectivity index is 1.95. The van der Waals surface area contributed by atoms with E-state index in [1.165, 1.54) is 44.1 Å². The van der Waals surface area contributed by atoms with Gasteiger partial charge in [-0.1, -0.05) is 31.7 Å². The van der Waals surface area contributed by atoms with E-state index in [1.54, 1.807) is 12.1 Å². The summed E-state index contributed by atoms with van der Waals surface area (Å²) in [6.07, 6.45) is 9.20. The zero-order valence-electron chi connectivity index (χ0n) is 11.1. The molecule has 0 unspecified atom stereocenters. The minimum absolute atomic E-state index is 0.115. The first-order valence-electron chi connectivity index (χ1n) is 7.00. The summed E-state index contributed by atoms with van der Waals surface area (Å²) in [6.45, 7) is 6.06. The van der Waals surface area contributed by atoms with Gasteiger partial charge in [0.05, 0.1) is 0 Å². The van der Waals surface area contributed by atoms with Crippen molar-refractivity contribution in [2.75, 3.05) is 0 Å². The summed E-state index contributed by atoms with van der Waals surface area (Å²) in [5.74, 6) is -0.115. The van der Waals surface area contributed by atoms with Gasteiger partial charge in [0, 0.05) is 5.56 Å². The smallest absolute Gasteiger partial charge is 0.130 e. The van der Waals surface area contributed by atoms with Gasteiger partial charge in [-0.05, 0) is 61.0 Å². The number of benzene rings is 1. The topological polar surface area (TPSA) is 0 Å². The Bertz CT molecular complexity index is 462. The fraction of sp³-hybridized carbons (Fsp3) is 0.529. The molecule has 0 aliphatic heterocycles. The number of hydrogen-bond donors (Lipinski definition) is 0. The van der Waals surface area contributed by atoms with E-state index in [-0.39, 0.29) is 11.2 Å². The minimum atomic E-state index is -0.115. The van der Waals surface area contributed by atoms with Crippen LogP contribution in [0.1, 0.15) is 56.6 Å². The number of rotatable bonds is 2. The van der Waals surface area contributed by atoms with Gasteiger partial charge >= 0.3 is 0 Å². The number of halogens is 1. The van der Waals surface area contributed by atoms with Gasteiger partial charge in [0.2, 0.25) is 0 Å². The van der Waals surface area contributed by atoms with Crippen molar-refractivity contribution in [2.45, 2.75) is 50.9 Å². The van der Waals surface area contributed by atoms with Crippen LogP contribution >= 0.6 is 0 Å². The quantitative estimate of drug-likeness (QED) is 0.680. The summed E-state index contributed by atoms with van der Waals surface area (Å²) in [7, 11) is 0. The van der Waals surface area contributed by atoms with Crippen LogP contribution in [0.25, 0.3) is 6.08 Å². The highest BCUT2D eigenvalue weighted by atomic mass is 19.1. The van der Waals surface area contributed by atoms with Crippen LogP contribution in [-0.2, 0) is 5.41 Å². The van der Waals surface area contributed by atoms with Crippen LogP contribution in [0.2, 0.25) is 0 Å². The lowest BCUT2D eigenvalue weighted by Gasteiger charge is -2.52. The molecule has 3 aliphatic rings. The molecular formula is C17H21F. The molecule has 0 aromatic heterocycles. The molecule has 0 amide bonds. The molecular weight excluding hydrogens is 223 g/mol. The molecule has 0 N–H and O–H groups in total. The average molecular weight is 244 g/mol. The molecule has 2 bridgehead atoms. The molecule has 0 spiro atoms. The summed E-state index contributed by atoms with van der Waals surface area (Å²) in [5, 5.41) is 0. The zero-order chi connectivity index (χ0) is 12.8. The lowest BCUT2D eigenvalue weighted by Crippen LogP contribution is -2.42. The van der Waals surface area contributed by atoms with E-state index in [0.717, 1.165) is 0 Å². The third kappa shape index (κ3) is 1.72. The molecule has 3 saturated carbocycles. The molecule has 4 rings (SSSR count). The Morgan fingerprint density at radius 2 is 1.72 bits per heavy atom. The minimum Gasteiger partial charge on any atom is -0.206 e. The highest BCUT2D eigenvalue weighted by molar-refractivity contribution is 5.49. The van der Waals surface area contributed by atoms with Crippen molar-refractivity contribution in [3.05, 3.63) is 41.7 Å². The SMILES string of the molecule is C=Cc1ccc(C23CCC(C)(CC2)CC3)cc1F. The van der Waals surface area contributed by atoms with Gasteiger partial charge in [0.1, 0.15) is 5.82 Å². The van der Waals surface area contributed by atoms with E-state index in [4.69, 9.17) is 0 Å². The van der Waals surface area contributed by atoms with E-state index >= 15 is 0 Å². The summed E-state index contributed by atoms with van der Waals surface area (Å²) < 4.78 is 13.9. The molecule has 1 aromatic rings. The Morgan fingerprint density at radius 1 is 1.11 bits per heavy atom. The first-order valence-corrected chi connectivity index (χ1v) is 7.00. The van der Waals surface area contributed by atoms with E-state index in [0.29, 0.717) is 11.0 Å². The summed E-state index contributed by atoms with van der Waals surface area (Å²) in [6, 6.07) is 5.76. The lowest BCUT2D eigenvalue weighted by atomic mass is 9.52. The second-order valence-corrected chi connectivity index (χ2v) is 6.53. The van der Waals surface area contributed by atoms with Gasteiger partial charge in [-0.25, -0.2) is 4.39 Å². The summed E-state index contributed by atoms with van der Waals surface area (Å²) in [5.41, 5.74) is 2.67. The molecule has 0 heterocycles. The van der Waals surface area contributed by atoms with Crippen LogP contribution in [0.3, 0.4) is 0 Å². The largest absolute Gasteiger partial charge is 0.206 e. The highest BCUT2D eigenvalue weighted by Gasteiger charge is 2.46. The van der Waals surface area contributed by atoms with Crippen molar-refractivity contribution in [3.8, 4) is 0 Å². The Kier molecular flexibility index (Phi) is 2.62. The normalized spacial score (nSPS) is 34.6. The highest BCUT2D eigenvalue weighted by Crippen LogP contribution is 2.57.